The standard InChI is InChI=1S/C6H12N2O2/c1-4-7-10-5-6(9)8(2)3/h4H,5H2,1-3H3/b7-4+. The number of oxime groups is 1. The fraction of sp³-hybridized carbons (Fsp3) is 0.667. The molecule has 0 aromatic heterocycles. The molecule has 0 rings (SSSR count). The van der Waals surface area contributed by atoms with Crippen molar-refractivity contribution in [2.75, 3.05) is 20.7 Å². The summed E-state index contributed by atoms with van der Waals surface area (Å²) in [5, 5.41) is 3.42. The van der Waals surface area contributed by atoms with E-state index in [0.717, 1.165) is 0 Å². The number of hydrogen-bond acceptors (Lipinski definition) is 3. The summed E-state index contributed by atoms with van der Waals surface area (Å²) in [7, 11) is 3.34. The van der Waals surface area contributed by atoms with Crippen molar-refractivity contribution in [3.63, 3.8) is 0 Å². The van der Waals surface area contributed by atoms with Crippen molar-refractivity contribution in [3.8, 4) is 0 Å². The first-order chi connectivity index (χ1) is 4.68. The molecule has 0 unspecified atom stereocenters. The molecule has 10 heavy (non-hydrogen) atoms. The average molecular weight is 144 g/mol. The SMILES string of the molecule is C/C=N/OCC(=O)N(C)C. The van der Waals surface area contributed by atoms with Gasteiger partial charge >= 0.3 is 0 Å². The van der Waals surface area contributed by atoms with Crippen molar-refractivity contribution >= 4 is 12.1 Å². The Morgan fingerprint density at radius 1 is 1.70 bits per heavy atom. The molecular formula is C6H12N2O2. The number of hydrogen-bond donors (Lipinski definition) is 0. The summed E-state index contributed by atoms with van der Waals surface area (Å²) in [6.45, 7) is 1.73. The van der Waals surface area contributed by atoms with Gasteiger partial charge in [-0.15, -0.1) is 0 Å². The molecule has 0 aromatic rings. The third-order valence-corrected chi connectivity index (χ3v) is 0.867. The second-order valence-corrected chi connectivity index (χ2v) is 1.93. The number of amides is 1. The zero-order valence-electron chi connectivity index (χ0n) is 6.50. The number of carbonyl (C=O) groups is 1. The van der Waals surface area contributed by atoms with E-state index in [1.165, 1.54) is 11.1 Å². The lowest BCUT2D eigenvalue weighted by atomic mass is 10.6. The van der Waals surface area contributed by atoms with Gasteiger partial charge < -0.3 is 9.74 Å². The lowest BCUT2D eigenvalue weighted by molar-refractivity contribution is -0.133. The molecule has 0 heterocycles. The fourth-order valence-corrected chi connectivity index (χ4v) is 0.296. The first-order valence-corrected chi connectivity index (χ1v) is 2.98. The van der Waals surface area contributed by atoms with Crippen molar-refractivity contribution in [2.24, 2.45) is 5.16 Å². The van der Waals surface area contributed by atoms with Crippen LogP contribution in [0.15, 0.2) is 5.16 Å². The van der Waals surface area contributed by atoms with Crippen molar-refractivity contribution in [1.82, 2.24) is 4.90 Å². The van der Waals surface area contributed by atoms with Gasteiger partial charge in [0.2, 0.25) is 0 Å². The normalized spacial score (nSPS) is 9.90. The predicted octanol–water partition coefficient (Wildman–Crippen LogP) is 0.0969. The molecule has 58 valence electrons. The maximum Gasteiger partial charge on any atom is 0.262 e. The molecule has 0 atom stereocenters. The molecule has 0 saturated carbocycles. The lowest BCUT2D eigenvalue weighted by Crippen LogP contribution is -2.25. The first-order valence-electron chi connectivity index (χ1n) is 2.98. The summed E-state index contributed by atoms with van der Waals surface area (Å²) in [5.74, 6) is -0.0920. The van der Waals surface area contributed by atoms with E-state index in [9.17, 15) is 4.79 Å². The molecule has 4 heteroatoms. The Morgan fingerprint density at radius 3 is 2.70 bits per heavy atom. The number of nitrogens with zero attached hydrogens (tertiary/aromatic N) is 2. The smallest absolute Gasteiger partial charge is 0.262 e. The number of carbonyl (C=O) groups excluding carboxylic acids is 1. The van der Waals surface area contributed by atoms with E-state index in [2.05, 4.69) is 9.99 Å². The maximum atomic E-state index is 10.7. The minimum Gasteiger partial charge on any atom is -0.386 e. The average Bonchev–Trinajstić information content (AvgIpc) is 1.88. The van der Waals surface area contributed by atoms with Gasteiger partial charge in [-0.25, -0.2) is 0 Å². The van der Waals surface area contributed by atoms with Crippen molar-refractivity contribution < 1.29 is 9.63 Å². The summed E-state index contributed by atoms with van der Waals surface area (Å²) < 4.78 is 0. The minimum atomic E-state index is -0.0920. The van der Waals surface area contributed by atoms with Gasteiger partial charge in [-0.1, -0.05) is 5.16 Å². The minimum absolute atomic E-state index is 0.0112. The van der Waals surface area contributed by atoms with Crippen LogP contribution in [0.25, 0.3) is 0 Å². The molecule has 0 N–H and O–H groups in total. The monoisotopic (exact) mass is 144 g/mol. The van der Waals surface area contributed by atoms with Crippen LogP contribution in [0, 0.1) is 0 Å². The summed E-state index contributed by atoms with van der Waals surface area (Å²) in [6, 6.07) is 0. The third-order valence-electron chi connectivity index (χ3n) is 0.867. The fourth-order valence-electron chi connectivity index (χ4n) is 0.296. The Labute approximate surface area is 60.4 Å². The van der Waals surface area contributed by atoms with Gasteiger partial charge in [0.05, 0.1) is 0 Å². The topological polar surface area (TPSA) is 41.9 Å². The van der Waals surface area contributed by atoms with E-state index < -0.39 is 0 Å². The highest BCUT2D eigenvalue weighted by Gasteiger charge is 2.01. The van der Waals surface area contributed by atoms with Gasteiger partial charge in [0.1, 0.15) is 0 Å². The van der Waals surface area contributed by atoms with Gasteiger partial charge in [-0.3, -0.25) is 4.79 Å². The van der Waals surface area contributed by atoms with Gasteiger partial charge in [0, 0.05) is 20.3 Å². The van der Waals surface area contributed by atoms with E-state index in [-0.39, 0.29) is 12.5 Å². The highest BCUT2D eigenvalue weighted by atomic mass is 16.6. The van der Waals surface area contributed by atoms with E-state index in [1.54, 1.807) is 21.0 Å². The molecule has 4 nitrogen and oxygen atoms in total. The van der Waals surface area contributed by atoms with Gasteiger partial charge in [-0.05, 0) is 6.92 Å². The molecule has 0 saturated heterocycles. The second-order valence-electron chi connectivity index (χ2n) is 1.93. The first kappa shape index (κ1) is 8.94. The van der Waals surface area contributed by atoms with Crippen molar-refractivity contribution in [3.05, 3.63) is 0 Å². The Balaban J connectivity index is 3.40. The molecule has 0 aliphatic rings. The number of rotatable bonds is 3. The lowest BCUT2D eigenvalue weighted by Gasteiger charge is -2.07. The number of likely N-dealkylation sites (N-methyl/N-ethyl adjacent to an activating group) is 1. The van der Waals surface area contributed by atoms with E-state index in [4.69, 9.17) is 0 Å². The Bertz CT molecular complexity index is 132. The van der Waals surface area contributed by atoms with Crippen molar-refractivity contribution in [2.45, 2.75) is 6.92 Å². The zero-order valence-corrected chi connectivity index (χ0v) is 6.50. The Morgan fingerprint density at radius 2 is 2.30 bits per heavy atom. The predicted molar refractivity (Wildman–Crippen MR) is 38.8 cm³/mol. The summed E-state index contributed by atoms with van der Waals surface area (Å²) in [4.78, 5) is 16.8. The molecule has 0 fully saturated rings. The molecule has 1 amide bonds. The van der Waals surface area contributed by atoms with E-state index in [1.807, 2.05) is 0 Å². The molecule has 0 bridgehead atoms. The van der Waals surface area contributed by atoms with Crippen LogP contribution in [0.2, 0.25) is 0 Å². The summed E-state index contributed by atoms with van der Waals surface area (Å²) in [6.07, 6.45) is 1.49. The van der Waals surface area contributed by atoms with E-state index >= 15 is 0 Å². The van der Waals surface area contributed by atoms with Crippen molar-refractivity contribution in [1.29, 1.82) is 0 Å². The maximum absolute atomic E-state index is 10.7. The van der Waals surface area contributed by atoms with Crippen LogP contribution in [-0.4, -0.2) is 37.7 Å². The second kappa shape index (κ2) is 4.78. The molecular weight excluding hydrogens is 132 g/mol. The third kappa shape index (κ3) is 3.88. The van der Waals surface area contributed by atoms with Gasteiger partial charge in [0.25, 0.3) is 5.91 Å². The highest BCUT2D eigenvalue weighted by Crippen LogP contribution is 1.80. The summed E-state index contributed by atoms with van der Waals surface area (Å²) in [5.41, 5.74) is 0. The van der Waals surface area contributed by atoms with Crippen LogP contribution in [0.1, 0.15) is 6.92 Å². The highest BCUT2D eigenvalue weighted by molar-refractivity contribution is 5.76. The van der Waals surface area contributed by atoms with Crippen LogP contribution in [0.3, 0.4) is 0 Å². The van der Waals surface area contributed by atoms with E-state index in [0.29, 0.717) is 0 Å². The van der Waals surface area contributed by atoms with Crippen LogP contribution < -0.4 is 0 Å². The summed E-state index contributed by atoms with van der Waals surface area (Å²) >= 11 is 0. The van der Waals surface area contributed by atoms with Gasteiger partial charge in [-0.2, -0.15) is 0 Å². The Hall–Kier alpha value is -1.06. The zero-order chi connectivity index (χ0) is 7.98. The van der Waals surface area contributed by atoms with Gasteiger partial charge in [0.15, 0.2) is 6.61 Å². The van der Waals surface area contributed by atoms with Crippen LogP contribution >= 0.6 is 0 Å². The van der Waals surface area contributed by atoms with Crippen LogP contribution in [-0.2, 0) is 9.63 Å². The molecule has 0 spiro atoms. The molecule has 0 aliphatic carbocycles. The quantitative estimate of drug-likeness (QED) is 0.416. The molecule has 0 radical (unpaired) electrons. The molecule has 0 aromatic carbocycles. The van der Waals surface area contributed by atoms with Crippen LogP contribution in [0.4, 0.5) is 0 Å². The molecule has 0 aliphatic heterocycles. The largest absolute Gasteiger partial charge is 0.386 e. The Kier molecular flexibility index (Phi) is 4.28. The van der Waals surface area contributed by atoms with Crippen LogP contribution in [0.5, 0.6) is 0 Å².